The summed E-state index contributed by atoms with van der Waals surface area (Å²) in [5, 5.41) is 5.20. The van der Waals surface area contributed by atoms with Crippen LogP contribution in [0.4, 0.5) is 5.69 Å². The maximum atomic E-state index is 12.4. The molecule has 32 heavy (non-hydrogen) atoms. The minimum atomic E-state index is -3.50. The number of nitrogens with one attached hydrogen (secondary N) is 2. The molecule has 0 aliphatic carbocycles. The Morgan fingerprint density at radius 1 is 1.19 bits per heavy atom. The molecule has 3 rings (SSSR count). The molecule has 170 valence electrons. The van der Waals surface area contributed by atoms with Crippen LogP contribution in [0.25, 0.3) is 0 Å². The van der Waals surface area contributed by atoms with Crippen molar-refractivity contribution in [1.82, 2.24) is 10.2 Å². The highest BCUT2D eigenvalue weighted by Gasteiger charge is 2.27. The molecular formula is C21H24N4O6S. The average molecular weight is 461 g/mol. The number of rotatable bonds is 6. The number of sulfonamides is 1. The fourth-order valence-electron chi connectivity index (χ4n) is 3.11. The van der Waals surface area contributed by atoms with Crippen LogP contribution in [-0.4, -0.2) is 61.9 Å². The van der Waals surface area contributed by atoms with Crippen LogP contribution in [0.3, 0.4) is 0 Å². The Labute approximate surface area is 186 Å². The summed E-state index contributed by atoms with van der Waals surface area (Å²) >= 11 is 0. The van der Waals surface area contributed by atoms with Crippen LogP contribution in [0, 0.1) is 13.8 Å². The summed E-state index contributed by atoms with van der Waals surface area (Å²) in [7, 11) is -3.50. The molecule has 0 radical (unpaired) electrons. The van der Waals surface area contributed by atoms with Crippen LogP contribution in [0.2, 0.25) is 0 Å². The van der Waals surface area contributed by atoms with E-state index in [9.17, 15) is 22.8 Å². The second-order valence-corrected chi connectivity index (χ2v) is 9.18. The number of anilines is 1. The second-order valence-electron chi connectivity index (χ2n) is 7.43. The van der Waals surface area contributed by atoms with Gasteiger partial charge in [0.15, 0.2) is 6.10 Å². The lowest BCUT2D eigenvalue weighted by atomic mass is 10.1. The topological polar surface area (TPSA) is 134 Å². The van der Waals surface area contributed by atoms with Crippen molar-refractivity contribution in [2.45, 2.75) is 26.9 Å². The van der Waals surface area contributed by atoms with Crippen LogP contribution in [-0.2, 0) is 29.1 Å². The molecule has 0 bridgehead atoms. The summed E-state index contributed by atoms with van der Waals surface area (Å²) in [6.07, 6.45) is 3.07. The SMILES string of the molecule is Cc1cccc(C)c1NC(=O)CNC(=O)C(C)OC(=O)C1=CN2CCS(=O)(=O)N=C2C=C1. The summed E-state index contributed by atoms with van der Waals surface area (Å²) in [5.74, 6) is -1.72. The van der Waals surface area contributed by atoms with Crippen molar-refractivity contribution < 1.29 is 27.5 Å². The number of para-hydroxylation sites is 1. The molecule has 0 spiro atoms. The number of fused-ring (bicyclic) bond motifs is 1. The first kappa shape index (κ1) is 23.2. The number of amides is 2. The molecule has 1 aromatic rings. The number of esters is 1. The van der Waals surface area contributed by atoms with E-state index in [1.165, 1.54) is 30.2 Å². The van der Waals surface area contributed by atoms with Gasteiger partial charge >= 0.3 is 5.97 Å². The summed E-state index contributed by atoms with van der Waals surface area (Å²) in [4.78, 5) is 38.3. The van der Waals surface area contributed by atoms with Gasteiger partial charge in [-0.15, -0.1) is 4.40 Å². The van der Waals surface area contributed by atoms with E-state index >= 15 is 0 Å². The zero-order valence-electron chi connectivity index (χ0n) is 17.9. The number of nitrogens with zero attached hydrogens (tertiary/aromatic N) is 2. The smallest absolute Gasteiger partial charge is 0.340 e. The molecule has 0 saturated carbocycles. The molecule has 1 atom stereocenters. The van der Waals surface area contributed by atoms with Crippen LogP contribution in [0.1, 0.15) is 18.1 Å². The molecule has 2 heterocycles. The zero-order valence-corrected chi connectivity index (χ0v) is 18.7. The summed E-state index contributed by atoms with van der Waals surface area (Å²) in [5.41, 5.74) is 2.65. The summed E-state index contributed by atoms with van der Waals surface area (Å²) in [6, 6.07) is 5.62. The van der Waals surface area contributed by atoms with Crippen molar-refractivity contribution in [3.05, 3.63) is 53.3 Å². The fraction of sp³-hybridized carbons (Fsp3) is 0.333. The number of amidine groups is 1. The van der Waals surface area contributed by atoms with Crippen LogP contribution in [0.15, 0.2) is 46.5 Å². The number of benzene rings is 1. The monoisotopic (exact) mass is 460 g/mol. The Morgan fingerprint density at radius 3 is 2.56 bits per heavy atom. The lowest BCUT2D eigenvalue weighted by molar-refractivity contribution is -0.151. The number of aryl methyl sites for hydroxylation is 2. The molecular weight excluding hydrogens is 436 g/mol. The Balaban J connectivity index is 1.51. The first-order valence-electron chi connectivity index (χ1n) is 9.89. The molecule has 1 unspecified atom stereocenters. The van der Waals surface area contributed by atoms with Gasteiger partial charge in [-0.25, -0.2) is 13.2 Å². The summed E-state index contributed by atoms with van der Waals surface area (Å²) in [6.45, 7) is 5.01. The van der Waals surface area contributed by atoms with Gasteiger partial charge in [-0.2, -0.15) is 0 Å². The van der Waals surface area contributed by atoms with Gasteiger partial charge in [-0.3, -0.25) is 9.59 Å². The highest BCUT2D eigenvalue weighted by atomic mass is 32.2. The van der Waals surface area contributed by atoms with E-state index in [1.54, 1.807) is 0 Å². The van der Waals surface area contributed by atoms with E-state index in [0.29, 0.717) is 5.69 Å². The van der Waals surface area contributed by atoms with Gasteiger partial charge in [0.2, 0.25) is 5.91 Å². The van der Waals surface area contributed by atoms with Crippen molar-refractivity contribution in [3.63, 3.8) is 0 Å². The number of hydrogen-bond acceptors (Lipinski definition) is 7. The molecule has 0 saturated heterocycles. The molecule has 11 heteroatoms. The standard InChI is InChI=1S/C21H24N4O6S/c1-13-5-4-6-14(2)19(13)23-18(26)11-22-20(27)15(3)31-21(28)16-7-8-17-24-32(29,30)10-9-25(17)12-16/h4-8,12,15H,9-11H2,1-3H3,(H,22,27)(H,23,26). The van der Waals surface area contributed by atoms with Crippen LogP contribution >= 0.6 is 0 Å². The van der Waals surface area contributed by atoms with Gasteiger partial charge in [0.1, 0.15) is 5.84 Å². The third-order valence-electron chi connectivity index (χ3n) is 4.88. The maximum absolute atomic E-state index is 12.4. The predicted octanol–water partition coefficient (Wildman–Crippen LogP) is 0.787. The Morgan fingerprint density at radius 2 is 1.88 bits per heavy atom. The Kier molecular flexibility index (Phi) is 6.78. The molecule has 0 fully saturated rings. The van der Waals surface area contributed by atoms with Gasteiger partial charge in [-0.1, -0.05) is 18.2 Å². The largest absolute Gasteiger partial charge is 0.449 e. The van der Waals surface area contributed by atoms with Gasteiger partial charge in [-0.05, 0) is 44.1 Å². The van der Waals surface area contributed by atoms with E-state index in [1.807, 2.05) is 32.0 Å². The van der Waals surface area contributed by atoms with Crippen LogP contribution < -0.4 is 10.6 Å². The van der Waals surface area contributed by atoms with E-state index in [4.69, 9.17) is 4.74 Å². The van der Waals surface area contributed by atoms with Crippen molar-refractivity contribution in [2.24, 2.45) is 4.40 Å². The van der Waals surface area contributed by atoms with E-state index in [2.05, 4.69) is 15.0 Å². The first-order chi connectivity index (χ1) is 15.1. The quantitative estimate of drug-likeness (QED) is 0.599. The van der Waals surface area contributed by atoms with Crippen molar-refractivity contribution >= 4 is 39.3 Å². The Bertz CT molecular complexity index is 1130. The van der Waals surface area contributed by atoms with Gasteiger partial charge in [0.25, 0.3) is 15.9 Å². The third-order valence-corrected chi connectivity index (χ3v) is 6.05. The predicted molar refractivity (Wildman–Crippen MR) is 118 cm³/mol. The number of hydrogen-bond donors (Lipinski definition) is 2. The van der Waals surface area contributed by atoms with Gasteiger partial charge in [0.05, 0.1) is 17.9 Å². The van der Waals surface area contributed by atoms with Gasteiger partial charge in [0, 0.05) is 18.4 Å². The van der Waals surface area contributed by atoms with E-state index in [-0.39, 0.29) is 30.3 Å². The molecule has 2 N–H and O–H groups in total. The molecule has 0 aromatic heterocycles. The molecule has 2 aliphatic heterocycles. The van der Waals surface area contributed by atoms with Crippen molar-refractivity contribution in [1.29, 1.82) is 0 Å². The molecule has 2 amide bonds. The van der Waals surface area contributed by atoms with E-state index < -0.39 is 33.9 Å². The second kappa shape index (κ2) is 9.35. The third kappa shape index (κ3) is 5.61. The highest BCUT2D eigenvalue weighted by Crippen LogP contribution is 2.19. The Hall–Kier alpha value is -3.47. The van der Waals surface area contributed by atoms with Crippen molar-refractivity contribution in [2.75, 3.05) is 24.2 Å². The van der Waals surface area contributed by atoms with Crippen molar-refractivity contribution in [3.8, 4) is 0 Å². The molecule has 1 aromatic carbocycles. The minimum absolute atomic E-state index is 0.149. The number of carbonyl (C=O) groups excluding carboxylic acids is 3. The highest BCUT2D eigenvalue weighted by molar-refractivity contribution is 7.90. The normalized spacial score (nSPS) is 17.4. The minimum Gasteiger partial charge on any atom is -0.449 e. The number of carbonyl (C=O) groups is 3. The van der Waals surface area contributed by atoms with E-state index in [0.717, 1.165) is 11.1 Å². The summed E-state index contributed by atoms with van der Waals surface area (Å²) < 4.78 is 31.9. The first-order valence-corrected chi connectivity index (χ1v) is 11.5. The lowest BCUT2D eigenvalue weighted by Gasteiger charge is -2.27. The molecule has 10 nitrogen and oxygen atoms in total. The average Bonchev–Trinajstić information content (AvgIpc) is 2.73. The fourth-order valence-corrected chi connectivity index (χ4v) is 4.08. The molecule has 2 aliphatic rings. The number of ether oxygens (including phenoxy) is 1. The maximum Gasteiger partial charge on any atom is 0.340 e. The lowest BCUT2D eigenvalue weighted by Crippen LogP contribution is -2.41. The van der Waals surface area contributed by atoms with Crippen LogP contribution in [0.5, 0.6) is 0 Å². The van der Waals surface area contributed by atoms with Gasteiger partial charge < -0.3 is 20.3 Å². The zero-order chi connectivity index (χ0) is 23.5.